The molecule has 1 saturated carbocycles. The van der Waals surface area contributed by atoms with E-state index >= 15 is 0 Å². The molecule has 1 rings (SSSR count). The molecule has 0 heterocycles. The van der Waals surface area contributed by atoms with Gasteiger partial charge in [0.1, 0.15) is 0 Å². The molecule has 0 bridgehead atoms. The third kappa shape index (κ3) is 6.76. The molecular weight excluding hydrogens is 268 g/mol. The number of nitrogens with one attached hydrogen (secondary N) is 2. The molecule has 21 heavy (non-hydrogen) atoms. The van der Waals surface area contributed by atoms with E-state index in [0.29, 0.717) is 44.9 Å². The molecule has 0 aromatic rings. The summed E-state index contributed by atoms with van der Waals surface area (Å²) in [6.07, 6.45) is 2.05. The largest absolute Gasteiger partial charge is 0.378 e. The van der Waals surface area contributed by atoms with E-state index in [1.807, 2.05) is 0 Å². The maximum absolute atomic E-state index is 12.0. The molecule has 124 valence electrons. The summed E-state index contributed by atoms with van der Waals surface area (Å²) in [4.78, 5) is 12.0. The third-order valence-corrected chi connectivity index (χ3v) is 4.05. The van der Waals surface area contributed by atoms with Gasteiger partial charge in [-0.3, -0.25) is 4.79 Å². The fourth-order valence-corrected chi connectivity index (χ4v) is 2.36. The van der Waals surface area contributed by atoms with Gasteiger partial charge in [-0.1, -0.05) is 27.7 Å². The Bertz CT molecular complexity index is 302. The molecule has 5 heteroatoms. The molecule has 0 spiro atoms. The lowest BCUT2D eigenvalue weighted by molar-refractivity contribution is -0.128. The highest BCUT2D eigenvalue weighted by atomic mass is 16.5. The number of carbonyl (C=O) groups excluding carboxylic acids is 1. The van der Waals surface area contributed by atoms with Crippen molar-refractivity contribution in [3.05, 3.63) is 0 Å². The molecule has 0 aromatic carbocycles. The molecule has 1 amide bonds. The highest BCUT2D eigenvalue weighted by Crippen LogP contribution is 2.51. The van der Waals surface area contributed by atoms with E-state index < -0.39 is 0 Å². The Labute approximate surface area is 129 Å². The lowest BCUT2D eigenvalue weighted by Gasteiger charge is -2.18. The minimum absolute atomic E-state index is 0.0907. The fraction of sp³-hybridized carbons (Fsp3) is 0.938. The van der Waals surface area contributed by atoms with Crippen molar-refractivity contribution in [3.8, 4) is 0 Å². The van der Waals surface area contributed by atoms with Crippen LogP contribution in [0.2, 0.25) is 0 Å². The van der Waals surface area contributed by atoms with Crippen LogP contribution in [0.3, 0.4) is 0 Å². The van der Waals surface area contributed by atoms with E-state index in [1.165, 1.54) is 0 Å². The predicted octanol–water partition coefficient (Wildman–Crippen LogP) is 1.57. The zero-order chi connectivity index (χ0) is 15.7. The monoisotopic (exact) mass is 300 g/mol. The topological polar surface area (TPSA) is 59.6 Å². The maximum atomic E-state index is 12.0. The summed E-state index contributed by atoms with van der Waals surface area (Å²) in [5, 5.41) is 6.26. The molecule has 0 radical (unpaired) electrons. The summed E-state index contributed by atoms with van der Waals surface area (Å²) in [6, 6.07) is 0.495. The zero-order valence-corrected chi connectivity index (χ0v) is 14.0. The van der Waals surface area contributed by atoms with E-state index in [4.69, 9.17) is 9.47 Å². The van der Waals surface area contributed by atoms with E-state index in [1.54, 1.807) is 0 Å². The Balaban J connectivity index is 1.88. The molecule has 1 aliphatic rings. The Morgan fingerprint density at radius 1 is 1.00 bits per heavy atom. The molecule has 0 aromatic heterocycles. The molecule has 1 fully saturated rings. The van der Waals surface area contributed by atoms with Gasteiger partial charge in [0, 0.05) is 19.1 Å². The molecule has 0 atom stereocenters. The van der Waals surface area contributed by atoms with Gasteiger partial charge in [0.05, 0.1) is 31.8 Å². The minimum Gasteiger partial charge on any atom is -0.378 e. The van der Waals surface area contributed by atoms with Crippen molar-refractivity contribution in [1.29, 1.82) is 0 Å². The predicted molar refractivity (Wildman–Crippen MR) is 84.3 cm³/mol. The van der Waals surface area contributed by atoms with Crippen LogP contribution in [0, 0.1) is 11.3 Å². The summed E-state index contributed by atoms with van der Waals surface area (Å²) < 4.78 is 10.9. The average Bonchev–Trinajstić information content (AvgIpc) is 3.21. The van der Waals surface area contributed by atoms with Crippen LogP contribution in [-0.4, -0.2) is 51.5 Å². The van der Waals surface area contributed by atoms with Crippen molar-refractivity contribution in [2.24, 2.45) is 11.3 Å². The van der Waals surface area contributed by atoms with E-state index in [-0.39, 0.29) is 11.3 Å². The van der Waals surface area contributed by atoms with Gasteiger partial charge in [0.15, 0.2) is 0 Å². The Morgan fingerprint density at radius 3 is 2.05 bits per heavy atom. The molecule has 2 N–H and O–H groups in total. The zero-order valence-electron chi connectivity index (χ0n) is 14.0. The van der Waals surface area contributed by atoms with Gasteiger partial charge in [0.2, 0.25) is 5.91 Å². The van der Waals surface area contributed by atoms with Gasteiger partial charge < -0.3 is 20.1 Å². The first-order chi connectivity index (χ1) is 9.99. The Kier molecular flexibility index (Phi) is 8.22. The van der Waals surface area contributed by atoms with E-state index in [9.17, 15) is 4.79 Å². The van der Waals surface area contributed by atoms with Gasteiger partial charge >= 0.3 is 0 Å². The van der Waals surface area contributed by atoms with Crippen LogP contribution in [0.1, 0.15) is 40.5 Å². The standard InChI is InChI=1S/C16H32N2O3/c1-13(2)16(5-6-16)15(19)18-8-10-21-12-11-20-9-7-17-14(3)4/h13-14,17H,5-12H2,1-4H3,(H,18,19). The number of carbonyl (C=O) groups is 1. The Morgan fingerprint density at radius 2 is 1.57 bits per heavy atom. The quantitative estimate of drug-likeness (QED) is 0.537. The first-order valence-electron chi connectivity index (χ1n) is 8.16. The van der Waals surface area contributed by atoms with Gasteiger partial charge in [0.25, 0.3) is 0 Å². The number of hydrogen-bond donors (Lipinski definition) is 2. The van der Waals surface area contributed by atoms with Crippen LogP contribution in [0.4, 0.5) is 0 Å². The lowest BCUT2D eigenvalue weighted by atomic mass is 9.91. The minimum atomic E-state index is -0.0907. The second-order valence-corrected chi connectivity index (χ2v) is 6.40. The molecule has 0 saturated heterocycles. The molecule has 5 nitrogen and oxygen atoms in total. The Hall–Kier alpha value is -0.650. The normalized spacial score (nSPS) is 16.5. The van der Waals surface area contributed by atoms with E-state index in [0.717, 1.165) is 19.4 Å². The average molecular weight is 300 g/mol. The van der Waals surface area contributed by atoms with Crippen molar-refractivity contribution in [1.82, 2.24) is 10.6 Å². The van der Waals surface area contributed by atoms with Crippen LogP contribution in [-0.2, 0) is 14.3 Å². The summed E-state index contributed by atoms with van der Waals surface area (Å²) in [7, 11) is 0. The van der Waals surface area contributed by atoms with Crippen molar-refractivity contribution >= 4 is 5.91 Å². The van der Waals surface area contributed by atoms with Gasteiger partial charge in [-0.15, -0.1) is 0 Å². The number of ether oxygens (including phenoxy) is 2. The van der Waals surface area contributed by atoms with Crippen molar-refractivity contribution in [2.75, 3.05) is 39.5 Å². The van der Waals surface area contributed by atoms with Crippen LogP contribution < -0.4 is 10.6 Å². The number of hydrogen-bond acceptors (Lipinski definition) is 4. The maximum Gasteiger partial charge on any atom is 0.226 e. The van der Waals surface area contributed by atoms with Crippen LogP contribution >= 0.6 is 0 Å². The fourth-order valence-electron chi connectivity index (χ4n) is 2.36. The van der Waals surface area contributed by atoms with Crippen LogP contribution in [0.25, 0.3) is 0 Å². The second-order valence-electron chi connectivity index (χ2n) is 6.40. The van der Waals surface area contributed by atoms with Crippen molar-refractivity contribution in [2.45, 2.75) is 46.6 Å². The number of amides is 1. The lowest BCUT2D eigenvalue weighted by Crippen LogP contribution is -2.37. The number of rotatable bonds is 12. The molecule has 0 unspecified atom stereocenters. The third-order valence-electron chi connectivity index (χ3n) is 4.05. The second kappa shape index (κ2) is 9.38. The van der Waals surface area contributed by atoms with Crippen LogP contribution in [0.15, 0.2) is 0 Å². The summed E-state index contributed by atoms with van der Waals surface area (Å²) in [5.74, 6) is 0.614. The highest BCUT2D eigenvalue weighted by molar-refractivity contribution is 5.85. The summed E-state index contributed by atoms with van der Waals surface area (Å²) in [6.45, 7) is 12.3. The first-order valence-corrected chi connectivity index (χ1v) is 8.16. The first kappa shape index (κ1) is 18.4. The summed E-state index contributed by atoms with van der Waals surface area (Å²) >= 11 is 0. The summed E-state index contributed by atoms with van der Waals surface area (Å²) in [5.41, 5.74) is -0.0907. The van der Waals surface area contributed by atoms with Gasteiger partial charge in [-0.05, 0) is 18.8 Å². The molecular formula is C16H32N2O3. The van der Waals surface area contributed by atoms with E-state index in [2.05, 4.69) is 38.3 Å². The van der Waals surface area contributed by atoms with Crippen molar-refractivity contribution < 1.29 is 14.3 Å². The SMILES string of the molecule is CC(C)NCCOCCOCCNC(=O)C1(C(C)C)CC1. The highest BCUT2D eigenvalue weighted by Gasteiger charge is 2.51. The van der Waals surface area contributed by atoms with Gasteiger partial charge in [-0.25, -0.2) is 0 Å². The van der Waals surface area contributed by atoms with Crippen molar-refractivity contribution in [3.63, 3.8) is 0 Å². The molecule has 1 aliphatic carbocycles. The smallest absolute Gasteiger partial charge is 0.226 e. The van der Waals surface area contributed by atoms with Crippen LogP contribution in [0.5, 0.6) is 0 Å². The van der Waals surface area contributed by atoms with Gasteiger partial charge in [-0.2, -0.15) is 0 Å². The molecule has 0 aliphatic heterocycles.